The van der Waals surface area contributed by atoms with E-state index in [0.717, 1.165) is 29.8 Å². The first-order valence-electron chi connectivity index (χ1n) is 6.02. The van der Waals surface area contributed by atoms with Crippen molar-refractivity contribution in [1.82, 2.24) is 15.2 Å². The van der Waals surface area contributed by atoms with E-state index in [1.807, 2.05) is 6.07 Å². The second kappa shape index (κ2) is 4.53. The molecule has 0 unspecified atom stereocenters. The lowest BCUT2D eigenvalue weighted by Crippen LogP contribution is -2.10. The molecule has 0 saturated carbocycles. The summed E-state index contributed by atoms with van der Waals surface area (Å²) < 4.78 is 0. The number of nitrogen functional groups attached to an aromatic ring is 1. The van der Waals surface area contributed by atoms with Crippen LogP contribution in [0.15, 0.2) is 18.2 Å². The van der Waals surface area contributed by atoms with Crippen LogP contribution in [-0.4, -0.2) is 15.2 Å². The largest absolute Gasteiger partial charge is 0.398 e. The summed E-state index contributed by atoms with van der Waals surface area (Å²) >= 11 is 5.88. The van der Waals surface area contributed by atoms with E-state index >= 15 is 0 Å². The standard InChI is InChI=1S/C13H13ClN4/c14-8-5-6-9(10(15)7-8)13-16-11-3-1-2-4-12(11)17-18-13/h5-7H,1-4,15H2. The Labute approximate surface area is 110 Å². The van der Waals surface area contributed by atoms with Crippen molar-refractivity contribution in [2.24, 2.45) is 0 Å². The van der Waals surface area contributed by atoms with E-state index in [9.17, 15) is 0 Å². The van der Waals surface area contributed by atoms with Crippen LogP contribution in [0.5, 0.6) is 0 Å². The lowest BCUT2D eigenvalue weighted by atomic mass is 10.0. The van der Waals surface area contributed by atoms with E-state index in [0.29, 0.717) is 16.5 Å². The lowest BCUT2D eigenvalue weighted by Gasteiger charge is -2.13. The first-order chi connectivity index (χ1) is 8.74. The number of fused-ring (bicyclic) bond motifs is 1. The molecule has 92 valence electrons. The molecule has 1 aromatic carbocycles. The molecule has 0 fully saturated rings. The fourth-order valence-corrected chi connectivity index (χ4v) is 2.39. The number of rotatable bonds is 1. The van der Waals surface area contributed by atoms with E-state index in [-0.39, 0.29) is 0 Å². The summed E-state index contributed by atoms with van der Waals surface area (Å²) in [6, 6.07) is 5.33. The predicted octanol–water partition coefficient (Wildman–Crippen LogP) is 2.65. The predicted molar refractivity (Wildman–Crippen MR) is 71.3 cm³/mol. The Hall–Kier alpha value is -1.68. The first kappa shape index (κ1) is 11.4. The highest BCUT2D eigenvalue weighted by molar-refractivity contribution is 6.31. The molecular weight excluding hydrogens is 248 g/mol. The molecule has 1 aliphatic rings. The molecule has 0 aliphatic heterocycles. The third-order valence-corrected chi connectivity index (χ3v) is 3.41. The minimum atomic E-state index is 0.583. The van der Waals surface area contributed by atoms with E-state index in [1.54, 1.807) is 12.1 Å². The van der Waals surface area contributed by atoms with E-state index in [1.165, 1.54) is 12.8 Å². The monoisotopic (exact) mass is 260 g/mol. The Balaban J connectivity index is 2.06. The molecule has 4 nitrogen and oxygen atoms in total. The summed E-state index contributed by atoms with van der Waals surface area (Å²) in [5, 5.41) is 9.04. The molecule has 2 N–H and O–H groups in total. The lowest BCUT2D eigenvalue weighted by molar-refractivity contribution is 0.634. The number of aryl methyl sites for hydroxylation is 2. The summed E-state index contributed by atoms with van der Waals surface area (Å²) in [5.74, 6) is 0.588. The van der Waals surface area contributed by atoms with Gasteiger partial charge in [0, 0.05) is 16.3 Å². The number of hydrogen-bond acceptors (Lipinski definition) is 4. The Bertz CT molecular complexity index is 598. The Morgan fingerprint density at radius 3 is 2.61 bits per heavy atom. The highest BCUT2D eigenvalue weighted by Gasteiger charge is 2.15. The van der Waals surface area contributed by atoms with Crippen molar-refractivity contribution >= 4 is 17.3 Å². The second-order valence-electron chi connectivity index (χ2n) is 4.47. The van der Waals surface area contributed by atoms with Crippen molar-refractivity contribution in [1.29, 1.82) is 0 Å². The molecule has 1 heterocycles. The molecular formula is C13H13ClN4. The van der Waals surface area contributed by atoms with Crippen molar-refractivity contribution in [3.05, 3.63) is 34.6 Å². The smallest absolute Gasteiger partial charge is 0.184 e. The van der Waals surface area contributed by atoms with Crippen LogP contribution in [0.2, 0.25) is 5.02 Å². The van der Waals surface area contributed by atoms with Crippen molar-refractivity contribution in [3.8, 4) is 11.4 Å². The van der Waals surface area contributed by atoms with Gasteiger partial charge in [-0.3, -0.25) is 0 Å². The topological polar surface area (TPSA) is 64.7 Å². The van der Waals surface area contributed by atoms with Gasteiger partial charge in [0.2, 0.25) is 0 Å². The minimum absolute atomic E-state index is 0.583. The van der Waals surface area contributed by atoms with E-state index in [4.69, 9.17) is 17.3 Å². The Kier molecular flexibility index (Phi) is 2.88. The number of hydrogen-bond donors (Lipinski definition) is 1. The van der Waals surface area contributed by atoms with Gasteiger partial charge in [0.25, 0.3) is 0 Å². The van der Waals surface area contributed by atoms with Gasteiger partial charge in [-0.25, -0.2) is 4.98 Å². The maximum absolute atomic E-state index is 5.94. The van der Waals surface area contributed by atoms with Gasteiger partial charge in [0.15, 0.2) is 5.82 Å². The van der Waals surface area contributed by atoms with E-state index in [2.05, 4.69) is 15.2 Å². The van der Waals surface area contributed by atoms with E-state index < -0.39 is 0 Å². The van der Waals surface area contributed by atoms with Crippen LogP contribution in [0.4, 0.5) is 5.69 Å². The van der Waals surface area contributed by atoms with Crippen LogP contribution in [0.25, 0.3) is 11.4 Å². The van der Waals surface area contributed by atoms with Crippen molar-refractivity contribution < 1.29 is 0 Å². The maximum Gasteiger partial charge on any atom is 0.184 e. The first-order valence-corrected chi connectivity index (χ1v) is 6.40. The van der Waals surface area contributed by atoms with Crippen LogP contribution >= 0.6 is 11.6 Å². The quantitative estimate of drug-likeness (QED) is 0.801. The van der Waals surface area contributed by atoms with Crippen molar-refractivity contribution in [2.75, 3.05) is 5.73 Å². The molecule has 5 heteroatoms. The summed E-state index contributed by atoms with van der Waals surface area (Å²) in [4.78, 5) is 4.58. The van der Waals surface area contributed by atoms with Crippen LogP contribution in [0.1, 0.15) is 24.2 Å². The molecule has 0 saturated heterocycles. The van der Waals surface area contributed by atoms with Gasteiger partial charge in [-0.2, -0.15) is 5.10 Å². The maximum atomic E-state index is 5.94. The van der Waals surface area contributed by atoms with Gasteiger partial charge in [0.1, 0.15) is 0 Å². The number of anilines is 1. The molecule has 0 amide bonds. The number of aromatic nitrogens is 3. The SMILES string of the molecule is Nc1cc(Cl)ccc1-c1nnc2c(n1)CCCC2. The summed E-state index contributed by atoms with van der Waals surface area (Å²) in [6.07, 6.45) is 4.30. The molecule has 1 aromatic heterocycles. The average molecular weight is 261 g/mol. The fraction of sp³-hybridized carbons (Fsp3) is 0.308. The van der Waals surface area contributed by atoms with Crippen LogP contribution < -0.4 is 5.73 Å². The minimum Gasteiger partial charge on any atom is -0.398 e. The number of benzene rings is 1. The zero-order valence-electron chi connectivity index (χ0n) is 9.86. The summed E-state index contributed by atoms with van der Waals surface area (Å²) in [5.41, 5.74) is 9.39. The zero-order valence-corrected chi connectivity index (χ0v) is 10.6. The van der Waals surface area contributed by atoms with Crippen molar-refractivity contribution in [3.63, 3.8) is 0 Å². The second-order valence-corrected chi connectivity index (χ2v) is 4.90. The third kappa shape index (κ3) is 2.04. The van der Waals surface area contributed by atoms with Gasteiger partial charge in [-0.15, -0.1) is 5.10 Å². The van der Waals surface area contributed by atoms with Gasteiger partial charge < -0.3 is 5.73 Å². The molecule has 18 heavy (non-hydrogen) atoms. The molecule has 0 bridgehead atoms. The van der Waals surface area contributed by atoms with Crippen LogP contribution in [-0.2, 0) is 12.8 Å². The molecule has 1 aliphatic carbocycles. The third-order valence-electron chi connectivity index (χ3n) is 3.17. The number of nitrogens with two attached hydrogens (primary N) is 1. The van der Waals surface area contributed by atoms with Gasteiger partial charge in [-0.1, -0.05) is 11.6 Å². The fourth-order valence-electron chi connectivity index (χ4n) is 2.21. The normalized spacial score (nSPS) is 14.3. The van der Waals surface area contributed by atoms with Gasteiger partial charge in [0.05, 0.1) is 11.4 Å². The number of nitrogens with zero attached hydrogens (tertiary/aromatic N) is 3. The van der Waals surface area contributed by atoms with Crippen LogP contribution in [0.3, 0.4) is 0 Å². The summed E-state index contributed by atoms with van der Waals surface area (Å²) in [7, 11) is 0. The highest BCUT2D eigenvalue weighted by Crippen LogP contribution is 2.27. The molecule has 0 radical (unpaired) electrons. The van der Waals surface area contributed by atoms with Gasteiger partial charge in [-0.05, 0) is 43.9 Å². The molecule has 3 rings (SSSR count). The highest BCUT2D eigenvalue weighted by atomic mass is 35.5. The zero-order chi connectivity index (χ0) is 12.5. The average Bonchev–Trinajstić information content (AvgIpc) is 2.38. The van der Waals surface area contributed by atoms with Crippen molar-refractivity contribution in [2.45, 2.75) is 25.7 Å². The molecule has 0 spiro atoms. The van der Waals surface area contributed by atoms with Crippen LogP contribution in [0, 0.1) is 0 Å². The number of halogens is 1. The summed E-state index contributed by atoms with van der Waals surface area (Å²) in [6.45, 7) is 0. The molecule has 2 aromatic rings. The Morgan fingerprint density at radius 2 is 1.83 bits per heavy atom. The molecule has 0 atom stereocenters. The van der Waals surface area contributed by atoms with Gasteiger partial charge >= 0.3 is 0 Å². The Morgan fingerprint density at radius 1 is 1.06 bits per heavy atom.